The molecule has 0 spiro atoms. The van der Waals surface area contributed by atoms with E-state index in [1.54, 1.807) is 24.3 Å². The van der Waals surface area contributed by atoms with Crippen LogP contribution < -0.4 is 0 Å². The number of hydrogen-bond acceptors (Lipinski definition) is 2. The van der Waals surface area contributed by atoms with Crippen LogP contribution in [0.3, 0.4) is 0 Å². The summed E-state index contributed by atoms with van der Waals surface area (Å²) < 4.78 is 2.13. The predicted octanol–water partition coefficient (Wildman–Crippen LogP) is 3.42. The molecule has 2 aromatic carbocycles. The molecule has 0 bridgehead atoms. The number of aryl methyl sites for hydroxylation is 1. The van der Waals surface area contributed by atoms with Gasteiger partial charge in [-0.15, -0.1) is 0 Å². The molecule has 1 N–H and O–H groups in total. The zero-order valence-electron chi connectivity index (χ0n) is 11.1. The molecular formula is C16H14N2O2. The molecule has 1 aromatic heterocycles. The topological polar surface area (TPSA) is 55.1 Å². The molecule has 20 heavy (non-hydrogen) atoms. The van der Waals surface area contributed by atoms with Crippen LogP contribution in [0.5, 0.6) is 0 Å². The minimum absolute atomic E-state index is 0.285. The minimum atomic E-state index is -0.916. The average molecular weight is 266 g/mol. The number of benzene rings is 2. The maximum absolute atomic E-state index is 10.9. The first-order valence-corrected chi connectivity index (χ1v) is 6.49. The van der Waals surface area contributed by atoms with Crippen LogP contribution in [0, 0.1) is 0 Å². The fraction of sp³-hybridized carbons (Fsp3) is 0.125. The number of hydrogen-bond donors (Lipinski definition) is 1. The number of fused-ring (bicyclic) bond motifs is 1. The Morgan fingerprint density at radius 2 is 1.85 bits per heavy atom. The molecule has 4 heteroatoms. The van der Waals surface area contributed by atoms with Gasteiger partial charge in [0.1, 0.15) is 5.82 Å². The average Bonchev–Trinajstić information content (AvgIpc) is 2.85. The second-order valence-electron chi connectivity index (χ2n) is 4.55. The van der Waals surface area contributed by atoms with E-state index in [0.717, 1.165) is 29.0 Å². The smallest absolute Gasteiger partial charge is 0.335 e. The first kappa shape index (κ1) is 12.4. The Labute approximate surface area is 116 Å². The van der Waals surface area contributed by atoms with Crippen LogP contribution in [0.1, 0.15) is 17.3 Å². The van der Waals surface area contributed by atoms with Gasteiger partial charge in [0.25, 0.3) is 0 Å². The number of nitrogens with zero attached hydrogens (tertiary/aromatic N) is 2. The van der Waals surface area contributed by atoms with E-state index in [-0.39, 0.29) is 5.56 Å². The quantitative estimate of drug-likeness (QED) is 0.790. The van der Waals surface area contributed by atoms with Crippen LogP contribution in [0.15, 0.2) is 48.5 Å². The van der Waals surface area contributed by atoms with Crippen molar-refractivity contribution in [2.24, 2.45) is 0 Å². The lowest BCUT2D eigenvalue weighted by Crippen LogP contribution is -1.99. The van der Waals surface area contributed by atoms with Gasteiger partial charge in [-0.25, -0.2) is 9.78 Å². The Bertz CT molecular complexity index is 773. The van der Waals surface area contributed by atoms with E-state index >= 15 is 0 Å². The van der Waals surface area contributed by atoms with Crippen molar-refractivity contribution in [2.75, 3.05) is 0 Å². The molecule has 4 nitrogen and oxygen atoms in total. The molecule has 0 saturated heterocycles. The number of carbonyl (C=O) groups is 1. The molecule has 0 aliphatic carbocycles. The summed E-state index contributed by atoms with van der Waals surface area (Å²) in [6.45, 7) is 2.89. The van der Waals surface area contributed by atoms with Crippen LogP contribution >= 0.6 is 0 Å². The Morgan fingerprint density at radius 3 is 2.50 bits per heavy atom. The van der Waals surface area contributed by atoms with Crippen molar-refractivity contribution in [1.82, 2.24) is 9.55 Å². The summed E-state index contributed by atoms with van der Waals surface area (Å²) in [6.07, 6.45) is 0. The molecule has 0 aliphatic heterocycles. The molecule has 1 heterocycles. The fourth-order valence-electron chi connectivity index (χ4n) is 2.38. The largest absolute Gasteiger partial charge is 0.478 e. The predicted molar refractivity (Wildman–Crippen MR) is 77.8 cm³/mol. The van der Waals surface area contributed by atoms with E-state index < -0.39 is 5.97 Å². The highest BCUT2D eigenvalue weighted by atomic mass is 16.4. The number of rotatable bonds is 3. The molecule has 3 rings (SSSR count). The van der Waals surface area contributed by atoms with Gasteiger partial charge in [-0.05, 0) is 31.2 Å². The zero-order valence-corrected chi connectivity index (χ0v) is 11.1. The van der Waals surface area contributed by atoms with Gasteiger partial charge in [-0.2, -0.15) is 0 Å². The van der Waals surface area contributed by atoms with Gasteiger partial charge in [0.15, 0.2) is 0 Å². The maximum Gasteiger partial charge on any atom is 0.335 e. The third-order valence-corrected chi connectivity index (χ3v) is 3.36. The third-order valence-electron chi connectivity index (χ3n) is 3.36. The van der Waals surface area contributed by atoms with Crippen molar-refractivity contribution in [3.05, 3.63) is 54.1 Å². The lowest BCUT2D eigenvalue weighted by Gasteiger charge is -2.06. The van der Waals surface area contributed by atoms with Crippen LogP contribution in [-0.2, 0) is 6.54 Å². The van der Waals surface area contributed by atoms with Crippen molar-refractivity contribution in [2.45, 2.75) is 13.5 Å². The van der Waals surface area contributed by atoms with Gasteiger partial charge in [-0.3, -0.25) is 0 Å². The summed E-state index contributed by atoms with van der Waals surface area (Å²) in [7, 11) is 0. The molecule has 0 aliphatic rings. The monoisotopic (exact) mass is 266 g/mol. The molecule has 0 amide bonds. The van der Waals surface area contributed by atoms with E-state index in [4.69, 9.17) is 5.11 Å². The molecule has 0 saturated carbocycles. The maximum atomic E-state index is 10.9. The van der Waals surface area contributed by atoms with Crippen molar-refractivity contribution in [3.63, 3.8) is 0 Å². The molecule has 0 atom stereocenters. The van der Waals surface area contributed by atoms with Crippen molar-refractivity contribution >= 4 is 17.0 Å². The highest BCUT2D eigenvalue weighted by Gasteiger charge is 2.11. The Hall–Kier alpha value is -2.62. The van der Waals surface area contributed by atoms with Crippen LogP contribution in [0.25, 0.3) is 22.4 Å². The molecular weight excluding hydrogens is 252 g/mol. The highest BCUT2D eigenvalue weighted by molar-refractivity contribution is 5.88. The SMILES string of the molecule is CCn1c(-c2ccc(C(=O)O)cc2)nc2ccccc21. The standard InChI is InChI=1S/C16H14N2O2/c1-2-18-14-6-4-3-5-13(14)17-15(18)11-7-9-12(10-8-11)16(19)20/h3-10H,2H2,1H3,(H,19,20). The van der Waals surface area contributed by atoms with E-state index in [9.17, 15) is 4.79 Å². The number of carboxylic acid groups (broad SMARTS) is 1. The molecule has 0 unspecified atom stereocenters. The summed E-state index contributed by atoms with van der Waals surface area (Å²) in [5.41, 5.74) is 3.25. The summed E-state index contributed by atoms with van der Waals surface area (Å²) >= 11 is 0. The first-order valence-electron chi connectivity index (χ1n) is 6.49. The normalized spacial score (nSPS) is 10.8. The Kier molecular flexibility index (Phi) is 2.99. The van der Waals surface area contributed by atoms with E-state index in [2.05, 4.69) is 16.5 Å². The van der Waals surface area contributed by atoms with Gasteiger partial charge in [0, 0.05) is 12.1 Å². The van der Waals surface area contributed by atoms with Crippen LogP contribution in [-0.4, -0.2) is 20.6 Å². The van der Waals surface area contributed by atoms with Crippen LogP contribution in [0.4, 0.5) is 0 Å². The van der Waals surface area contributed by atoms with Gasteiger partial charge < -0.3 is 9.67 Å². The summed E-state index contributed by atoms with van der Waals surface area (Å²) in [4.78, 5) is 15.5. The fourth-order valence-corrected chi connectivity index (χ4v) is 2.38. The Morgan fingerprint density at radius 1 is 1.15 bits per heavy atom. The minimum Gasteiger partial charge on any atom is -0.478 e. The third kappa shape index (κ3) is 1.95. The van der Waals surface area contributed by atoms with Crippen molar-refractivity contribution in [1.29, 1.82) is 0 Å². The number of imidazole rings is 1. The van der Waals surface area contributed by atoms with Gasteiger partial charge in [-0.1, -0.05) is 24.3 Å². The van der Waals surface area contributed by atoms with Crippen molar-refractivity contribution in [3.8, 4) is 11.4 Å². The molecule has 0 radical (unpaired) electrons. The molecule has 3 aromatic rings. The molecule has 100 valence electrons. The zero-order chi connectivity index (χ0) is 14.1. The van der Waals surface area contributed by atoms with Crippen LogP contribution in [0.2, 0.25) is 0 Å². The van der Waals surface area contributed by atoms with E-state index in [1.807, 2.05) is 24.3 Å². The Balaban J connectivity index is 2.16. The number of aromatic nitrogens is 2. The number of carboxylic acids is 1. The lowest BCUT2D eigenvalue weighted by molar-refractivity contribution is 0.0697. The number of aromatic carboxylic acids is 1. The van der Waals surface area contributed by atoms with Crippen molar-refractivity contribution < 1.29 is 9.90 Å². The molecule has 0 fully saturated rings. The van der Waals surface area contributed by atoms with Gasteiger partial charge in [0.05, 0.1) is 16.6 Å². The summed E-state index contributed by atoms with van der Waals surface area (Å²) in [5.74, 6) is -0.0498. The summed E-state index contributed by atoms with van der Waals surface area (Å²) in [6, 6.07) is 14.8. The number of para-hydroxylation sites is 2. The summed E-state index contributed by atoms with van der Waals surface area (Å²) in [5, 5.41) is 8.94. The highest BCUT2D eigenvalue weighted by Crippen LogP contribution is 2.24. The van der Waals surface area contributed by atoms with Gasteiger partial charge >= 0.3 is 5.97 Å². The lowest BCUT2D eigenvalue weighted by atomic mass is 10.1. The van der Waals surface area contributed by atoms with E-state index in [1.165, 1.54) is 0 Å². The van der Waals surface area contributed by atoms with E-state index in [0.29, 0.717) is 0 Å². The van der Waals surface area contributed by atoms with Gasteiger partial charge in [0.2, 0.25) is 0 Å². The first-order chi connectivity index (χ1) is 9.70. The second-order valence-corrected chi connectivity index (χ2v) is 4.55. The second kappa shape index (κ2) is 4.81.